The zero-order valence-corrected chi connectivity index (χ0v) is 12.4. The molecule has 1 fully saturated rings. The lowest BCUT2D eigenvalue weighted by Gasteiger charge is -2.35. The molecular formula is C14H20N2O2S. The lowest BCUT2D eigenvalue weighted by Crippen LogP contribution is -2.59. The van der Waals surface area contributed by atoms with E-state index in [0.717, 1.165) is 12.0 Å². The molecule has 1 aliphatic heterocycles. The number of piperazine rings is 1. The molecule has 19 heavy (non-hydrogen) atoms. The zero-order valence-electron chi connectivity index (χ0n) is 11.6. The monoisotopic (exact) mass is 280 g/mol. The molecule has 0 spiro atoms. The van der Waals surface area contributed by atoms with Gasteiger partial charge in [0.05, 0.1) is 6.54 Å². The molecule has 2 rings (SSSR count). The summed E-state index contributed by atoms with van der Waals surface area (Å²) >= 11 is 1.63. The van der Waals surface area contributed by atoms with Crippen LogP contribution in [0, 0.1) is 12.8 Å². The molecule has 5 heteroatoms. The molecule has 104 valence electrons. The molecule has 1 aliphatic rings. The zero-order chi connectivity index (χ0) is 14.0. The van der Waals surface area contributed by atoms with Crippen molar-refractivity contribution >= 4 is 23.2 Å². The van der Waals surface area contributed by atoms with Crippen LogP contribution in [0.15, 0.2) is 10.8 Å². The molecule has 2 heterocycles. The molecule has 0 radical (unpaired) electrons. The van der Waals surface area contributed by atoms with Gasteiger partial charge in [0.2, 0.25) is 11.8 Å². The molecule has 0 saturated carbocycles. The number of nitrogens with one attached hydrogen (secondary N) is 1. The van der Waals surface area contributed by atoms with E-state index in [9.17, 15) is 9.59 Å². The maximum Gasteiger partial charge on any atom is 0.246 e. The van der Waals surface area contributed by atoms with Gasteiger partial charge in [0.15, 0.2) is 0 Å². The Morgan fingerprint density at radius 2 is 2.21 bits per heavy atom. The van der Waals surface area contributed by atoms with Crippen LogP contribution in [0.4, 0.5) is 0 Å². The number of carbonyl (C=O) groups excluding carboxylic acids is 2. The molecule has 4 nitrogen and oxygen atoms in total. The molecule has 0 aliphatic carbocycles. The Morgan fingerprint density at radius 1 is 1.47 bits per heavy atom. The van der Waals surface area contributed by atoms with Gasteiger partial charge in [-0.1, -0.05) is 20.3 Å². The van der Waals surface area contributed by atoms with Gasteiger partial charge in [0.1, 0.15) is 6.04 Å². The maximum absolute atomic E-state index is 12.4. The number of nitrogens with zero attached hydrogens (tertiary/aromatic N) is 1. The van der Waals surface area contributed by atoms with E-state index in [4.69, 9.17) is 0 Å². The fourth-order valence-corrected chi connectivity index (χ4v) is 3.09. The second kappa shape index (κ2) is 5.74. The van der Waals surface area contributed by atoms with Gasteiger partial charge in [-0.05, 0) is 34.7 Å². The van der Waals surface area contributed by atoms with Gasteiger partial charge in [0, 0.05) is 6.54 Å². The highest BCUT2D eigenvalue weighted by Crippen LogP contribution is 2.20. The third kappa shape index (κ3) is 2.97. The van der Waals surface area contributed by atoms with Crippen LogP contribution in [0.2, 0.25) is 0 Å². The van der Waals surface area contributed by atoms with Crippen LogP contribution in [0.5, 0.6) is 0 Å². The topological polar surface area (TPSA) is 49.4 Å². The van der Waals surface area contributed by atoms with Crippen LogP contribution < -0.4 is 5.32 Å². The van der Waals surface area contributed by atoms with Crippen LogP contribution in [0.25, 0.3) is 0 Å². The number of rotatable bonds is 4. The standard InChI is InChI=1S/C14H20N2O2S/c1-4-9(2)13-14(18)16(6-12(17)15-13)5-11-8-19-7-10(11)3/h7-9,13H,4-6H2,1-3H3,(H,15,17). The number of amides is 2. The summed E-state index contributed by atoms with van der Waals surface area (Å²) < 4.78 is 0. The Bertz CT molecular complexity index is 484. The van der Waals surface area contributed by atoms with Gasteiger partial charge in [-0.2, -0.15) is 11.3 Å². The van der Waals surface area contributed by atoms with Crippen LogP contribution >= 0.6 is 11.3 Å². The van der Waals surface area contributed by atoms with Crippen molar-refractivity contribution in [3.63, 3.8) is 0 Å². The van der Waals surface area contributed by atoms with Crippen molar-refractivity contribution in [2.45, 2.75) is 39.8 Å². The minimum absolute atomic E-state index is 0.0413. The molecule has 1 aromatic rings. The smallest absolute Gasteiger partial charge is 0.246 e. The minimum atomic E-state index is -0.370. The maximum atomic E-state index is 12.4. The summed E-state index contributed by atoms with van der Waals surface area (Å²) in [6.07, 6.45) is 0.877. The fourth-order valence-electron chi connectivity index (χ4n) is 2.24. The van der Waals surface area contributed by atoms with Gasteiger partial charge in [0.25, 0.3) is 0 Å². The average molecular weight is 280 g/mol. The highest BCUT2D eigenvalue weighted by Gasteiger charge is 2.35. The van der Waals surface area contributed by atoms with Gasteiger partial charge in [-0.3, -0.25) is 9.59 Å². The van der Waals surface area contributed by atoms with E-state index < -0.39 is 0 Å². The SMILES string of the molecule is CCC(C)C1NC(=O)CN(Cc2cscc2C)C1=O. The summed E-state index contributed by atoms with van der Waals surface area (Å²) in [5.74, 6) is 0.153. The van der Waals surface area contributed by atoms with Crippen molar-refractivity contribution in [3.05, 3.63) is 21.9 Å². The number of aryl methyl sites for hydroxylation is 1. The molecule has 2 amide bonds. The molecular weight excluding hydrogens is 260 g/mol. The van der Waals surface area contributed by atoms with Crippen LogP contribution in [0.3, 0.4) is 0 Å². The van der Waals surface area contributed by atoms with Gasteiger partial charge in [-0.25, -0.2) is 0 Å². The highest BCUT2D eigenvalue weighted by atomic mass is 32.1. The first-order valence-electron chi connectivity index (χ1n) is 6.62. The summed E-state index contributed by atoms with van der Waals surface area (Å²) in [7, 11) is 0. The second-order valence-corrected chi connectivity index (χ2v) is 5.95. The van der Waals surface area contributed by atoms with Crippen LogP contribution in [-0.4, -0.2) is 29.3 Å². The van der Waals surface area contributed by atoms with Crippen molar-refractivity contribution in [2.75, 3.05) is 6.54 Å². The van der Waals surface area contributed by atoms with Gasteiger partial charge < -0.3 is 10.2 Å². The van der Waals surface area contributed by atoms with E-state index in [0.29, 0.717) is 6.54 Å². The summed E-state index contributed by atoms with van der Waals surface area (Å²) in [5.41, 5.74) is 2.32. The fraction of sp³-hybridized carbons (Fsp3) is 0.571. The highest BCUT2D eigenvalue weighted by molar-refractivity contribution is 7.08. The van der Waals surface area contributed by atoms with Gasteiger partial charge >= 0.3 is 0 Å². The number of thiophene rings is 1. The van der Waals surface area contributed by atoms with Crippen molar-refractivity contribution in [1.29, 1.82) is 0 Å². The average Bonchev–Trinajstić information content (AvgIpc) is 2.78. The van der Waals surface area contributed by atoms with E-state index >= 15 is 0 Å². The first kappa shape index (κ1) is 14.1. The van der Waals surface area contributed by atoms with Crippen molar-refractivity contribution < 1.29 is 9.59 Å². The quantitative estimate of drug-likeness (QED) is 0.916. The second-order valence-electron chi connectivity index (χ2n) is 5.21. The van der Waals surface area contributed by atoms with E-state index in [1.165, 1.54) is 5.56 Å². The van der Waals surface area contributed by atoms with E-state index in [-0.39, 0.29) is 30.3 Å². The van der Waals surface area contributed by atoms with Crippen LogP contribution in [0.1, 0.15) is 31.4 Å². The van der Waals surface area contributed by atoms with Gasteiger partial charge in [-0.15, -0.1) is 0 Å². The lowest BCUT2D eigenvalue weighted by atomic mass is 9.96. The minimum Gasteiger partial charge on any atom is -0.342 e. The first-order chi connectivity index (χ1) is 9.02. The Kier molecular flexibility index (Phi) is 4.24. The number of carbonyl (C=O) groups is 2. The molecule has 0 aromatic carbocycles. The number of hydrogen-bond donors (Lipinski definition) is 1. The Hall–Kier alpha value is -1.36. The Morgan fingerprint density at radius 3 is 2.79 bits per heavy atom. The van der Waals surface area contributed by atoms with E-state index in [2.05, 4.69) is 10.7 Å². The van der Waals surface area contributed by atoms with E-state index in [1.807, 2.05) is 26.2 Å². The first-order valence-corrected chi connectivity index (χ1v) is 7.57. The summed E-state index contributed by atoms with van der Waals surface area (Å²) in [5, 5.41) is 6.93. The predicted molar refractivity (Wildman–Crippen MR) is 75.9 cm³/mol. The lowest BCUT2D eigenvalue weighted by molar-refractivity contribution is -0.146. The molecule has 1 aromatic heterocycles. The van der Waals surface area contributed by atoms with Crippen LogP contribution in [-0.2, 0) is 16.1 Å². The van der Waals surface area contributed by atoms with Crippen molar-refractivity contribution in [2.24, 2.45) is 5.92 Å². The molecule has 1 N–H and O–H groups in total. The third-order valence-corrected chi connectivity index (χ3v) is 4.67. The number of hydrogen-bond acceptors (Lipinski definition) is 3. The summed E-state index contributed by atoms with van der Waals surface area (Å²) in [6.45, 7) is 6.77. The van der Waals surface area contributed by atoms with E-state index in [1.54, 1.807) is 16.2 Å². The molecule has 1 saturated heterocycles. The van der Waals surface area contributed by atoms with Crippen molar-refractivity contribution in [3.8, 4) is 0 Å². The molecule has 2 unspecified atom stereocenters. The summed E-state index contributed by atoms with van der Waals surface area (Å²) in [6, 6.07) is -0.370. The van der Waals surface area contributed by atoms with Crippen molar-refractivity contribution in [1.82, 2.24) is 10.2 Å². The third-order valence-electron chi connectivity index (χ3n) is 3.76. The molecule has 0 bridgehead atoms. The molecule has 2 atom stereocenters. The Labute approximate surface area is 117 Å². The summed E-state index contributed by atoms with van der Waals surface area (Å²) in [4.78, 5) is 25.9. The predicted octanol–water partition coefficient (Wildman–Crippen LogP) is 1.93. The normalized spacial score (nSPS) is 21.4. The largest absolute Gasteiger partial charge is 0.342 e. The Balaban J connectivity index is 2.13.